The average molecular weight is 159 g/mol. The fourth-order valence-electron chi connectivity index (χ4n) is 0.626. The van der Waals surface area contributed by atoms with Gasteiger partial charge in [0.25, 0.3) is 0 Å². The van der Waals surface area contributed by atoms with Crippen molar-refractivity contribution in [2.75, 3.05) is 27.1 Å². The van der Waals surface area contributed by atoms with Gasteiger partial charge in [0, 0.05) is 7.11 Å². The molecule has 0 rings (SSSR count). The zero-order valence-electron chi connectivity index (χ0n) is 7.08. The van der Waals surface area contributed by atoms with E-state index in [-0.39, 0.29) is 0 Å². The highest BCUT2D eigenvalue weighted by Crippen LogP contribution is 1.87. The van der Waals surface area contributed by atoms with Crippen molar-refractivity contribution < 1.29 is 9.47 Å². The van der Waals surface area contributed by atoms with Crippen molar-refractivity contribution in [3.05, 3.63) is 12.2 Å². The summed E-state index contributed by atoms with van der Waals surface area (Å²) in [5, 5.41) is 0. The highest BCUT2D eigenvalue weighted by Gasteiger charge is 1.81. The minimum Gasteiger partial charge on any atom is -0.359 e. The van der Waals surface area contributed by atoms with Crippen LogP contribution in [0.3, 0.4) is 0 Å². The maximum Gasteiger partial charge on any atom is 0.146 e. The summed E-state index contributed by atoms with van der Waals surface area (Å²) in [4.78, 5) is 0. The number of ether oxygens (including phenoxy) is 2. The predicted octanol–water partition coefficient (Wildman–Crippen LogP) is 0.902. The van der Waals surface area contributed by atoms with Crippen LogP contribution in [0.2, 0.25) is 0 Å². The molecule has 0 saturated carbocycles. The summed E-state index contributed by atoms with van der Waals surface area (Å²) in [6, 6.07) is 0. The van der Waals surface area contributed by atoms with E-state index in [2.05, 4.69) is 12.2 Å². The third-order valence-electron chi connectivity index (χ3n) is 1.13. The first-order chi connectivity index (χ1) is 5.41. The molecule has 0 aliphatic rings. The summed E-state index contributed by atoms with van der Waals surface area (Å²) in [5.41, 5.74) is 5.29. The van der Waals surface area contributed by atoms with Crippen molar-refractivity contribution in [1.82, 2.24) is 0 Å². The summed E-state index contributed by atoms with van der Waals surface area (Å²) in [6.45, 7) is 1.81. The van der Waals surface area contributed by atoms with Gasteiger partial charge in [-0.15, -0.1) is 0 Å². The third kappa shape index (κ3) is 9.62. The Morgan fingerprint density at radius 3 is 2.64 bits per heavy atom. The fraction of sp³-hybridized carbons (Fsp3) is 0.750. The molecule has 66 valence electrons. The molecule has 0 bridgehead atoms. The van der Waals surface area contributed by atoms with Crippen LogP contribution in [0, 0.1) is 0 Å². The first-order valence-electron chi connectivity index (χ1n) is 3.83. The molecule has 0 saturated heterocycles. The lowest BCUT2D eigenvalue weighted by Crippen LogP contribution is -1.97. The second-order valence-electron chi connectivity index (χ2n) is 2.15. The number of rotatable bonds is 7. The number of methoxy groups -OCH3 is 1. The molecule has 0 aromatic rings. The van der Waals surface area contributed by atoms with Crippen molar-refractivity contribution in [2.24, 2.45) is 5.73 Å². The maximum absolute atomic E-state index is 5.29. The maximum atomic E-state index is 5.29. The zero-order valence-corrected chi connectivity index (χ0v) is 7.08. The molecule has 0 atom stereocenters. The topological polar surface area (TPSA) is 44.5 Å². The lowest BCUT2D eigenvalue weighted by Gasteiger charge is -1.98. The molecule has 0 aliphatic heterocycles. The summed E-state index contributed by atoms with van der Waals surface area (Å²) in [6.07, 6.45) is 6.02. The SMILES string of the molecule is COCOCC/C=C/CCN. The molecule has 3 nitrogen and oxygen atoms in total. The van der Waals surface area contributed by atoms with E-state index in [4.69, 9.17) is 15.2 Å². The molecule has 0 radical (unpaired) electrons. The minimum absolute atomic E-state index is 0.380. The van der Waals surface area contributed by atoms with E-state index in [1.807, 2.05) is 0 Å². The lowest BCUT2D eigenvalue weighted by atomic mass is 10.3. The van der Waals surface area contributed by atoms with Crippen molar-refractivity contribution in [3.63, 3.8) is 0 Å². The standard InChI is InChI=1S/C8H17NO2/c1-10-8-11-7-5-3-2-4-6-9/h2-3H,4-9H2,1H3/b3-2+. The largest absolute Gasteiger partial charge is 0.359 e. The molecule has 3 heteroatoms. The molecule has 0 aromatic heterocycles. The van der Waals surface area contributed by atoms with Crippen LogP contribution in [-0.4, -0.2) is 27.1 Å². The Kier molecular flexibility index (Phi) is 9.29. The van der Waals surface area contributed by atoms with Crippen LogP contribution >= 0.6 is 0 Å². The Morgan fingerprint density at radius 2 is 2.00 bits per heavy atom. The van der Waals surface area contributed by atoms with Crippen LogP contribution in [0.15, 0.2) is 12.2 Å². The van der Waals surface area contributed by atoms with Gasteiger partial charge < -0.3 is 15.2 Å². The van der Waals surface area contributed by atoms with Gasteiger partial charge >= 0.3 is 0 Å². The smallest absolute Gasteiger partial charge is 0.146 e. The Balaban J connectivity index is 2.89. The van der Waals surface area contributed by atoms with Gasteiger partial charge in [0.15, 0.2) is 0 Å². The highest BCUT2D eigenvalue weighted by molar-refractivity contribution is 4.81. The first-order valence-corrected chi connectivity index (χ1v) is 3.83. The van der Waals surface area contributed by atoms with Crippen LogP contribution in [0.5, 0.6) is 0 Å². The molecule has 0 heterocycles. The second-order valence-corrected chi connectivity index (χ2v) is 2.15. The van der Waals surface area contributed by atoms with Crippen molar-refractivity contribution >= 4 is 0 Å². The molecular formula is C8H17NO2. The van der Waals surface area contributed by atoms with Crippen LogP contribution in [-0.2, 0) is 9.47 Å². The van der Waals surface area contributed by atoms with Gasteiger partial charge in [0.1, 0.15) is 6.79 Å². The normalized spacial score (nSPS) is 11.1. The molecule has 0 aliphatic carbocycles. The Bertz CT molecular complexity index is 94.1. The van der Waals surface area contributed by atoms with Gasteiger partial charge in [0.05, 0.1) is 6.61 Å². The van der Waals surface area contributed by atoms with Gasteiger partial charge in [0.2, 0.25) is 0 Å². The zero-order chi connectivity index (χ0) is 8.36. The van der Waals surface area contributed by atoms with Gasteiger partial charge in [-0.1, -0.05) is 12.2 Å². The summed E-state index contributed by atoms with van der Waals surface area (Å²) < 4.78 is 9.76. The van der Waals surface area contributed by atoms with Crippen molar-refractivity contribution in [1.29, 1.82) is 0 Å². The average Bonchev–Trinajstić information content (AvgIpc) is 2.03. The molecule has 0 unspecified atom stereocenters. The predicted molar refractivity (Wildman–Crippen MR) is 45.3 cm³/mol. The summed E-state index contributed by atoms with van der Waals surface area (Å²) >= 11 is 0. The van der Waals surface area contributed by atoms with Crippen molar-refractivity contribution in [2.45, 2.75) is 12.8 Å². The van der Waals surface area contributed by atoms with E-state index in [1.165, 1.54) is 0 Å². The number of nitrogens with two attached hydrogens (primary N) is 1. The van der Waals surface area contributed by atoms with Crippen LogP contribution in [0.1, 0.15) is 12.8 Å². The second kappa shape index (κ2) is 9.62. The quantitative estimate of drug-likeness (QED) is 0.341. The minimum atomic E-state index is 0.380. The number of hydrogen-bond donors (Lipinski definition) is 1. The molecule has 0 amide bonds. The van der Waals surface area contributed by atoms with E-state index < -0.39 is 0 Å². The molecule has 0 aromatic carbocycles. The van der Waals surface area contributed by atoms with E-state index in [1.54, 1.807) is 7.11 Å². The van der Waals surface area contributed by atoms with E-state index >= 15 is 0 Å². The molecule has 11 heavy (non-hydrogen) atoms. The first kappa shape index (κ1) is 10.6. The summed E-state index contributed by atoms with van der Waals surface area (Å²) in [7, 11) is 1.62. The lowest BCUT2D eigenvalue weighted by molar-refractivity contribution is -0.0285. The van der Waals surface area contributed by atoms with Gasteiger partial charge in [-0.2, -0.15) is 0 Å². The van der Waals surface area contributed by atoms with Crippen LogP contribution in [0.25, 0.3) is 0 Å². The van der Waals surface area contributed by atoms with Crippen molar-refractivity contribution in [3.8, 4) is 0 Å². The molecular weight excluding hydrogens is 142 g/mol. The van der Waals surface area contributed by atoms with E-state index in [0.29, 0.717) is 6.79 Å². The third-order valence-corrected chi connectivity index (χ3v) is 1.13. The van der Waals surface area contributed by atoms with Gasteiger partial charge in [-0.05, 0) is 19.4 Å². The van der Waals surface area contributed by atoms with Crippen LogP contribution in [0.4, 0.5) is 0 Å². The fourth-order valence-corrected chi connectivity index (χ4v) is 0.626. The molecule has 2 N–H and O–H groups in total. The van der Waals surface area contributed by atoms with E-state index in [0.717, 1.165) is 26.0 Å². The Morgan fingerprint density at radius 1 is 1.27 bits per heavy atom. The number of hydrogen-bond acceptors (Lipinski definition) is 3. The van der Waals surface area contributed by atoms with Gasteiger partial charge in [-0.3, -0.25) is 0 Å². The molecule has 0 fully saturated rings. The van der Waals surface area contributed by atoms with Crippen LogP contribution < -0.4 is 5.73 Å². The monoisotopic (exact) mass is 159 g/mol. The van der Waals surface area contributed by atoms with E-state index in [9.17, 15) is 0 Å². The summed E-state index contributed by atoms with van der Waals surface area (Å²) in [5.74, 6) is 0. The molecule has 0 spiro atoms. The van der Waals surface area contributed by atoms with Gasteiger partial charge in [-0.25, -0.2) is 0 Å². The highest BCUT2D eigenvalue weighted by atomic mass is 16.7. The Labute approximate surface area is 68.2 Å². The Hall–Kier alpha value is -0.380.